The van der Waals surface area contributed by atoms with Crippen molar-refractivity contribution in [2.45, 2.75) is 31.8 Å². The maximum absolute atomic E-state index is 12.2. The van der Waals surface area contributed by atoms with E-state index in [0.29, 0.717) is 24.5 Å². The number of amides is 3. The fourth-order valence-corrected chi connectivity index (χ4v) is 2.54. The molecule has 2 atom stereocenters. The van der Waals surface area contributed by atoms with E-state index in [2.05, 4.69) is 10.6 Å². The Morgan fingerprint density at radius 3 is 2.39 bits per heavy atom. The molecule has 0 spiro atoms. The highest BCUT2D eigenvalue weighted by molar-refractivity contribution is 5.85. The van der Waals surface area contributed by atoms with Crippen molar-refractivity contribution in [3.05, 3.63) is 60.2 Å². The first-order valence-electron chi connectivity index (χ1n) is 8.85. The molecule has 3 amide bonds. The van der Waals surface area contributed by atoms with Gasteiger partial charge in [-0.3, -0.25) is 4.79 Å². The zero-order valence-electron chi connectivity index (χ0n) is 15.8. The Morgan fingerprint density at radius 2 is 1.75 bits per heavy atom. The van der Waals surface area contributed by atoms with Crippen molar-refractivity contribution in [1.29, 1.82) is 0 Å². The van der Waals surface area contributed by atoms with E-state index in [-0.39, 0.29) is 30.8 Å². The molecule has 7 nitrogen and oxygen atoms in total. The minimum Gasteiger partial charge on any atom is -0.457 e. The lowest BCUT2D eigenvalue weighted by Gasteiger charge is -2.19. The van der Waals surface area contributed by atoms with Gasteiger partial charge in [-0.2, -0.15) is 0 Å². The number of urea groups is 1. The Balaban J connectivity index is 0.00000392. The van der Waals surface area contributed by atoms with Gasteiger partial charge in [-0.25, -0.2) is 4.79 Å². The van der Waals surface area contributed by atoms with E-state index in [1.807, 2.05) is 43.3 Å². The number of hydrogen-bond donors (Lipinski definition) is 4. The molecule has 2 rings (SSSR count). The summed E-state index contributed by atoms with van der Waals surface area (Å²) in [4.78, 5) is 23.6. The van der Waals surface area contributed by atoms with Crippen molar-refractivity contribution < 1.29 is 14.3 Å². The summed E-state index contributed by atoms with van der Waals surface area (Å²) in [7, 11) is 0. The second-order valence-corrected chi connectivity index (χ2v) is 6.37. The Bertz CT molecular complexity index is 756. The van der Waals surface area contributed by atoms with Gasteiger partial charge in [0.05, 0.1) is 12.5 Å². The molecule has 8 heteroatoms. The Kier molecular flexibility index (Phi) is 9.84. The molecule has 0 radical (unpaired) electrons. The minimum atomic E-state index is -0.697. The zero-order valence-corrected chi connectivity index (χ0v) is 16.6. The topological polar surface area (TPSA) is 119 Å². The lowest BCUT2D eigenvalue weighted by atomic mass is 10.0. The van der Waals surface area contributed by atoms with Gasteiger partial charge < -0.3 is 26.8 Å². The summed E-state index contributed by atoms with van der Waals surface area (Å²) in [6, 6.07) is 15.3. The van der Waals surface area contributed by atoms with Gasteiger partial charge in [0.15, 0.2) is 0 Å². The van der Waals surface area contributed by atoms with Crippen LogP contribution in [0, 0.1) is 0 Å². The van der Waals surface area contributed by atoms with Gasteiger partial charge in [-0.1, -0.05) is 30.3 Å². The highest BCUT2D eigenvalue weighted by atomic mass is 35.5. The van der Waals surface area contributed by atoms with Crippen molar-refractivity contribution in [1.82, 2.24) is 10.6 Å². The molecule has 0 fully saturated rings. The normalized spacial score (nSPS) is 12.2. The van der Waals surface area contributed by atoms with E-state index >= 15 is 0 Å². The van der Waals surface area contributed by atoms with Gasteiger partial charge in [0.2, 0.25) is 5.91 Å². The van der Waals surface area contributed by atoms with Crippen LogP contribution in [-0.4, -0.2) is 24.5 Å². The monoisotopic (exact) mass is 406 g/mol. The van der Waals surface area contributed by atoms with Gasteiger partial charge in [-0.15, -0.1) is 12.4 Å². The van der Waals surface area contributed by atoms with E-state index < -0.39 is 12.1 Å². The largest absolute Gasteiger partial charge is 0.457 e. The first-order valence-corrected chi connectivity index (χ1v) is 8.85. The van der Waals surface area contributed by atoms with E-state index in [1.165, 1.54) is 0 Å². The van der Waals surface area contributed by atoms with Gasteiger partial charge in [0.1, 0.15) is 11.5 Å². The Hall–Kier alpha value is -2.77. The molecule has 0 saturated carbocycles. The van der Waals surface area contributed by atoms with Crippen LogP contribution < -0.4 is 26.8 Å². The molecule has 152 valence electrons. The highest BCUT2D eigenvalue weighted by Crippen LogP contribution is 2.25. The van der Waals surface area contributed by atoms with Crippen LogP contribution >= 0.6 is 12.4 Å². The van der Waals surface area contributed by atoms with Gasteiger partial charge in [0, 0.05) is 12.6 Å². The van der Waals surface area contributed by atoms with Gasteiger partial charge in [0.25, 0.3) is 0 Å². The number of nitrogens with two attached hydrogens (primary N) is 2. The van der Waals surface area contributed by atoms with Crippen LogP contribution in [0.15, 0.2) is 54.6 Å². The van der Waals surface area contributed by atoms with Crippen LogP contribution in [0.25, 0.3) is 0 Å². The maximum atomic E-state index is 12.2. The molecular weight excluding hydrogens is 380 g/mol. The van der Waals surface area contributed by atoms with Crippen molar-refractivity contribution in [3.63, 3.8) is 0 Å². The number of primary amides is 1. The molecule has 0 heterocycles. The number of hydrogen-bond acceptors (Lipinski definition) is 4. The molecule has 6 N–H and O–H groups in total. The first-order chi connectivity index (χ1) is 12.9. The maximum Gasteiger partial charge on any atom is 0.312 e. The molecule has 2 aromatic carbocycles. The van der Waals surface area contributed by atoms with Crippen LogP contribution in [0.3, 0.4) is 0 Å². The van der Waals surface area contributed by atoms with Crippen LogP contribution in [0.1, 0.15) is 31.4 Å². The predicted molar refractivity (Wildman–Crippen MR) is 112 cm³/mol. The quantitative estimate of drug-likeness (QED) is 0.511. The number of carbonyl (C=O) groups excluding carboxylic acids is 2. The molecule has 0 aromatic heterocycles. The van der Waals surface area contributed by atoms with E-state index in [0.717, 1.165) is 5.56 Å². The lowest BCUT2D eigenvalue weighted by molar-refractivity contribution is -0.121. The lowest BCUT2D eigenvalue weighted by Crippen LogP contribution is -2.37. The van der Waals surface area contributed by atoms with Crippen LogP contribution in [0.5, 0.6) is 11.5 Å². The van der Waals surface area contributed by atoms with Gasteiger partial charge >= 0.3 is 6.03 Å². The van der Waals surface area contributed by atoms with E-state index in [9.17, 15) is 9.59 Å². The molecule has 0 saturated heterocycles. The van der Waals surface area contributed by atoms with Crippen molar-refractivity contribution in [3.8, 4) is 11.5 Å². The molecule has 2 aromatic rings. The van der Waals surface area contributed by atoms with Crippen LogP contribution in [0.2, 0.25) is 0 Å². The van der Waals surface area contributed by atoms with Crippen molar-refractivity contribution in [2.24, 2.45) is 11.5 Å². The van der Waals surface area contributed by atoms with Crippen LogP contribution in [0.4, 0.5) is 4.79 Å². The SMILES string of the molecule is CC(N)CCNC(=O)CC(NC(N)=O)c1cccc(Oc2ccccc2)c1.Cl. The number of para-hydroxylation sites is 1. The average Bonchev–Trinajstić information content (AvgIpc) is 2.61. The third kappa shape index (κ3) is 8.28. The van der Waals surface area contributed by atoms with Crippen molar-refractivity contribution in [2.75, 3.05) is 6.54 Å². The summed E-state index contributed by atoms with van der Waals surface area (Å²) in [5, 5.41) is 5.41. The summed E-state index contributed by atoms with van der Waals surface area (Å²) in [6.45, 7) is 2.36. The molecule has 0 aliphatic carbocycles. The Morgan fingerprint density at radius 1 is 1.07 bits per heavy atom. The van der Waals surface area contributed by atoms with Gasteiger partial charge in [-0.05, 0) is 43.2 Å². The first kappa shape index (κ1) is 23.3. The molecule has 2 unspecified atom stereocenters. The van der Waals surface area contributed by atoms with E-state index in [1.54, 1.807) is 18.2 Å². The molecule has 0 aliphatic rings. The number of halogens is 1. The number of ether oxygens (including phenoxy) is 1. The average molecular weight is 407 g/mol. The summed E-state index contributed by atoms with van der Waals surface area (Å²) in [6.07, 6.45) is 0.747. The third-order valence-corrected chi connectivity index (χ3v) is 3.87. The van der Waals surface area contributed by atoms with Crippen molar-refractivity contribution >= 4 is 24.3 Å². The highest BCUT2D eigenvalue weighted by Gasteiger charge is 2.18. The summed E-state index contributed by atoms with van der Waals surface area (Å²) in [5.74, 6) is 1.11. The minimum absolute atomic E-state index is 0. The summed E-state index contributed by atoms with van der Waals surface area (Å²) >= 11 is 0. The smallest absolute Gasteiger partial charge is 0.312 e. The molecule has 0 bridgehead atoms. The fraction of sp³-hybridized carbons (Fsp3) is 0.300. The summed E-state index contributed by atoms with van der Waals surface area (Å²) in [5.41, 5.74) is 11.7. The number of benzene rings is 2. The number of nitrogens with one attached hydrogen (secondary N) is 2. The Labute approximate surface area is 171 Å². The fourth-order valence-electron chi connectivity index (χ4n) is 2.54. The molecular formula is C20H27ClN4O3. The standard InChI is InChI=1S/C20H26N4O3.ClH/c1-14(21)10-11-23-19(25)13-18(24-20(22)26)15-6-5-9-17(12-15)27-16-7-3-2-4-8-16;/h2-9,12,14,18H,10-11,13,21H2,1H3,(H,23,25)(H3,22,24,26);1H. The zero-order chi connectivity index (χ0) is 19.6. The van der Waals surface area contributed by atoms with E-state index in [4.69, 9.17) is 16.2 Å². The second kappa shape index (κ2) is 11.8. The number of rotatable bonds is 9. The third-order valence-electron chi connectivity index (χ3n) is 3.87. The molecule has 28 heavy (non-hydrogen) atoms. The van der Waals surface area contributed by atoms with Crippen LogP contribution in [-0.2, 0) is 4.79 Å². The second-order valence-electron chi connectivity index (χ2n) is 6.37. The molecule has 0 aliphatic heterocycles. The number of carbonyl (C=O) groups is 2. The summed E-state index contributed by atoms with van der Waals surface area (Å²) < 4.78 is 5.81. The predicted octanol–water partition coefficient (Wildman–Crippen LogP) is 2.85.